The number of carbonyl (C=O) groups excluding carboxylic acids is 2. The maximum absolute atomic E-state index is 12.4. The molecule has 0 radical (unpaired) electrons. The van der Waals surface area contributed by atoms with Gasteiger partial charge in [0.2, 0.25) is 11.8 Å². The number of nitrogens with zero attached hydrogens (tertiary/aromatic N) is 3. The van der Waals surface area contributed by atoms with Crippen molar-refractivity contribution in [1.29, 1.82) is 0 Å². The number of benzene rings is 2. The van der Waals surface area contributed by atoms with E-state index in [1.54, 1.807) is 16.4 Å². The average Bonchev–Trinajstić information content (AvgIpc) is 3.31. The molecule has 0 saturated heterocycles. The topological polar surface area (TPSA) is 109 Å². The second kappa shape index (κ2) is 10.4. The lowest BCUT2D eigenvalue weighted by Gasteiger charge is -2.20. The van der Waals surface area contributed by atoms with Crippen molar-refractivity contribution in [3.63, 3.8) is 0 Å². The van der Waals surface area contributed by atoms with Gasteiger partial charge in [-0.05, 0) is 35.6 Å². The number of aromatic nitrogens is 3. The molecule has 2 amide bonds. The predicted octanol–water partition coefficient (Wildman–Crippen LogP) is 3.31. The van der Waals surface area contributed by atoms with E-state index in [-0.39, 0.29) is 24.3 Å². The third-order valence-corrected chi connectivity index (χ3v) is 6.18. The number of carbonyl (C=O) groups is 2. The second-order valence-corrected chi connectivity index (χ2v) is 8.52. The Kier molecular flexibility index (Phi) is 7.11. The maximum atomic E-state index is 12.4. The summed E-state index contributed by atoms with van der Waals surface area (Å²) in [7, 11) is 0. The first-order valence-electron chi connectivity index (χ1n) is 11.2. The Hall–Kier alpha value is -3.26. The Bertz CT molecular complexity index is 1070. The molecule has 0 aliphatic heterocycles. The van der Waals surface area contributed by atoms with Crippen LogP contribution >= 0.6 is 0 Å². The Balaban J connectivity index is 1.44. The highest BCUT2D eigenvalue weighted by Gasteiger charge is 2.22. The number of fused-ring (bicyclic) bond motifs is 1. The standard InChI is InChI=1S/C24H29N5O3/c30-23(27-32)14-22(13-17-10-11-18-6-4-5-9-20(18)12-17)29-16-21(26-28-29)15-25-24(31)19-7-2-1-3-8-19/h4-6,9-12,16,19,22,32H,1-3,7-8,13-15H2,(H,25,31)(H,27,30)/t22-/m1/s1. The van der Waals surface area contributed by atoms with Gasteiger partial charge in [-0.3, -0.25) is 14.8 Å². The van der Waals surface area contributed by atoms with Crippen molar-refractivity contribution in [2.75, 3.05) is 0 Å². The molecule has 1 fully saturated rings. The largest absolute Gasteiger partial charge is 0.350 e. The first kappa shape index (κ1) is 22.0. The lowest BCUT2D eigenvalue weighted by atomic mass is 9.89. The van der Waals surface area contributed by atoms with Crippen LogP contribution in [0.5, 0.6) is 0 Å². The van der Waals surface area contributed by atoms with Crippen molar-refractivity contribution in [1.82, 2.24) is 25.8 Å². The van der Waals surface area contributed by atoms with E-state index < -0.39 is 5.91 Å². The molecule has 32 heavy (non-hydrogen) atoms. The quantitative estimate of drug-likeness (QED) is 0.372. The molecule has 8 nitrogen and oxygen atoms in total. The fourth-order valence-electron chi connectivity index (χ4n) is 4.42. The van der Waals surface area contributed by atoms with Gasteiger partial charge >= 0.3 is 0 Å². The van der Waals surface area contributed by atoms with Gasteiger partial charge in [0.05, 0.1) is 25.2 Å². The summed E-state index contributed by atoms with van der Waals surface area (Å²) in [5.74, 6) is -0.322. The molecule has 1 aromatic heterocycles. The van der Waals surface area contributed by atoms with E-state index in [0.717, 1.165) is 42.0 Å². The molecule has 0 bridgehead atoms. The third kappa shape index (κ3) is 5.50. The van der Waals surface area contributed by atoms with Crippen LogP contribution in [0.15, 0.2) is 48.7 Å². The molecule has 1 heterocycles. The Morgan fingerprint density at radius 2 is 1.88 bits per heavy atom. The SMILES string of the molecule is O=C(C[C@@H](Cc1ccc2ccccc2c1)n1cc(CNC(=O)C2CCCCC2)nn1)NO. The van der Waals surface area contributed by atoms with E-state index in [2.05, 4.69) is 39.9 Å². The highest BCUT2D eigenvalue weighted by atomic mass is 16.5. The first-order valence-corrected chi connectivity index (χ1v) is 11.2. The van der Waals surface area contributed by atoms with Crippen molar-refractivity contribution in [3.8, 4) is 0 Å². The molecule has 1 saturated carbocycles. The maximum Gasteiger partial charge on any atom is 0.245 e. The van der Waals surface area contributed by atoms with Crippen molar-refractivity contribution in [2.24, 2.45) is 5.92 Å². The minimum Gasteiger partial charge on any atom is -0.350 e. The number of hydrogen-bond acceptors (Lipinski definition) is 5. The number of rotatable bonds is 8. The van der Waals surface area contributed by atoms with Crippen molar-refractivity contribution in [2.45, 2.75) is 57.5 Å². The molecule has 0 spiro atoms. The summed E-state index contributed by atoms with van der Waals surface area (Å²) in [6, 6.07) is 14.0. The van der Waals surface area contributed by atoms with Crippen LogP contribution in [0.3, 0.4) is 0 Å². The van der Waals surface area contributed by atoms with Crippen molar-refractivity contribution >= 4 is 22.6 Å². The molecule has 0 unspecified atom stereocenters. The molecule has 3 aromatic rings. The minimum atomic E-state index is -0.488. The van der Waals surface area contributed by atoms with E-state index in [1.807, 2.05) is 18.2 Å². The average molecular weight is 436 g/mol. The van der Waals surface area contributed by atoms with Gasteiger partial charge in [-0.25, -0.2) is 10.2 Å². The normalized spacial score (nSPS) is 15.4. The number of hydroxylamine groups is 1. The zero-order valence-electron chi connectivity index (χ0n) is 18.0. The summed E-state index contributed by atoms with van der Waals surface area (Å²) in [6.07, 6.45) is 7.69. The van der Waals surface area contributed by atoms with Crippen LogP contribution in [0.25, 0.3) is 10.8 Å². The van der Waals surface area contributed by atoms with Crippen LogP contribution in [0.2, 0.25) is 0 Å². The second-order valence-electron chi connectivity index (χ2n) is 8.52. The molecule has 4 rings (SSSR count). The predicted molar refractivity (Wildman–Crippen MR) is 120 cm³/mol. The van der Waals surface area contributed by atoms with E-state index in [9.17, 15) is 9.59 Å². The van der Waals surface area contributed by atoms with Gasteiger partial charge in [0.25, 0.3) is 0 Å². The van der Waals surface area contributed by atoms with Gasteiger partial charge in [-0.1, -0.05) is 66.9 Å². The van der Waals surface area contributed by atoms with E-state index in [1.165, 1.54) is 6.42 Å². The number of nitrogens with one attached hydrogen (secondary N) is 2. The summed E-state index contributed by atoms with van der Waals surface area (Å²) in [5, 5.41) is 22.7. The third-order valence-electron chi connectivity index (χ3n) is 6.18. The fraction of sp³-hybridized carbons (Fsp3) is 0.417. The van der Waals surface area contributed by atoms with Crippen LogP contribution in [0, 0.1) is 5.92 Å². The van der Waals surface area contributed by atoms with Crippen LogP contribution in [0.4, 0.5) is 0 Å². The van der Waals surface area contributed by atoms with Crippen LogP contribution in [0.1, 0.15) is 55.8 Å². The van der Waals surface area contributed by atoms with Gasteiger partial charge in [-0.2, -0.15) is 0 Å². The first-order chi connectivity index (χ1) is 15.6. The van der Waals surface area contributed by atoms with Gasteiger partial charge in [0, 0.05) is 5.92 Å². The Morgan fingerprint density at radius 1 is 1.09 bits per heavy atom. The lowest BCUT2D eigenvalue weighted by Crippen LogP contribution is -2.31. The Labute approximate surface area is 187 Å². The van der Waals surface area contributed by atoms with Gasteiger partial charge in [0.15, 0.2) is 0 Å². The number of hydrogen-bond donors (Lipinski definition) is 3. The molecule has 1 atom stereocenters. The van der Waals surface area contributed by atoms with E-state index in [0.29, 0.717) is 18.7 Å². The summed E-state index contributed by atoms with van der Waals surface area (Å²) in [5.41, 5.74) is 3.40. The smallest absolute Gasteiger partial charge is 0.245 e. The van der Waals surface area contributed by atoms with Crippen LogP contribution in [-0.4, -0.2) is 32.0 Å². The molecular weight excluding hydrogens is 406 g/mol. The molecule has 168 valence electrons. The molecule has 1 aliphatic carbocycles. The fourth-order valence-corrected chi connectivity index (χ4v) is 4.42. The van der Waals surface area contributed by atoms with Crippen molar-refractivity contribution < 1.29 is 14.8 Å². The molecule has 2 aromatic carbocycles. The number of amides is 2. The van der Waals surface area contributed by atoms with Gasteiger partial charge < -0.3 is 5.32 Å². The lowest BCUT2D eigenvalue weighted by molar-refractivity contribution is -0.130. The van der Waals surface area contributed by atoms with Crippen molar-refractivity contribution in [3.05, 3.63) is 59.9 Å². The molecule has 3 N–H and O–H groups in total. The van der Waals surface area contributed by atoms with E-state index in [4.69, 9.17) is 5.21 Å². The molecular formula is C24H29N5O3. The molecule has 1 aliphatic rings. The van der Waals surface area contributed by atoms with Gasteiger partial charge in [0.1, 0.15) is 5.69 Å². The summed E-state index contributed by atoms with van der Waals surface area (Å²) in [6.45, 7) is 0.310. The summed E-state index contributed by atoms with van der Waals surface area (Å²) < 4.78 is 1.65. The minimum absolute atomic E-state index is 0.0561. The molecule has 8 heteroatoms. The van der Waals surface area contributed by atoms with Crippen LogP contribution < -0.4 is 10.8 Å². The zero-order valence-corrected chi connectivity index (χ0v) is 18.0. The zero-order chi connectivity index (χ0) is 22.3. The highest BCUT2D eigenvalue weighted by molar-refractivity contribution is 5.83. The monoisotopic (exact) mass is 435 g/mol. The summed E-state index contributed by atoms with van der Waals surface area (Å²) in [4.78, 5) is 24.3. The van der Waals surface area contributed by atoms with Crippen LogP contribution in [-0.2, 0) is 22.6 Å². The summed E-state index contributed by atoms with van der Waals surface area (Å²) >= 11 is 0. The Morgan fingerprint density at radius 3 is 2.66 bits per heavy atom. The van der Waals surface area contributed by atoms with Gasteiger partial charge in [-0.15, -0.1) is 5.10 Å². The van der Waals surface area contributed by atoms with E-state index >= 15 is 0 Å². The highest BCUT2D eigenvalue weighted by Crippen LogP contribution is 2.24.